The molecule has 0 saturated heterocycles. The maximum atomic E-state index is 6.61. The maximum absolute atomic E-state index is 6.61. The van der Waals surface area contributed by atoms with E-state index in [4.69, 9.17) is 10.7 Å². The fourth-order valence-corrected chi connectivity index (χ4v) is 4.30. The third kappa shape index (κ3) is 2.04. The lowest BCUT2D eigenvalue weighted by molar-refractivity contribution is 0.165. The van der Waals surface area contributed by atoms with Crippen molar-refractivity contribution in [2.24, 2.45) is 11.1 Å². The first-order valence-electron chi connectivity index (χ1n) is 6.77. The molecule has 1 fully saturated rings. The van der Waals surface area contributed by atoms with Crippen molar-refractivity contribution in [3.8, 4) is 0 Å². The minimum Gasteiger partial charge on any atom is -0.319 e. The molecule has 0 unspecified atom stereocenters. The number of aryl methyl sites for hydroxylation is 2. The molecule has 0 atom stereocenters. The Bertz CT molecular complexity index is 402. The molecule has 0 amide bonds. The average Bonchev–Trinajstić information content (AvgIpc) is 2.83. The molecule has 0 aliphatic heterocycles. The Morgan fingerprint density at radius 3 is 2.47 bits per heavy atom. The molecule has 3 heteroatoms. The molecule has 1 aromatic rings. The van der Waals surface area contributed by atoms with Crippen LogP contribution >= 0.6 is 11.3 Å². The number of nitrogens with zero attached hydrogens (tertiary/aromatic N) is 1. The van der Waals surface area contributed by atoms with E-state index in [0.717, 1.165) is 12.8 Å². The fourth-order valence-electron chi connectivity index (χ4n) is 2.99. The van der Waals surface area contributed by atoms with Crippen LogP contribution in [0.25, 0.3) is 0 Å². The van der Waals surface area contributed by atoms with Gasteiger partial charge in [-0.15, -0.1) is 11.3 Å². The number of thiazole rings is 1. The van der Waals surface area contributed by atoms with Gasteiger partial charge in [-0.1, -0.05) is 13.8 Å². The van der Waals surface area contributed by atoms with Gasteiger partial charge in [-0.2, -0.15) is 0 Å². The topological polar surface area (TPSA) is 38.9 Å². The number of hydrogen-bond donors (Lipinski definition) is 1. The van der Waals surface area contributed by atoms with Gasteiger partial charge in [-0.3, -0.25) is 0 Å². The summed E-state index contributed by atoms with van der Waals surface area (Å²) in [5.74, 6) is 0. The highest BCUT2D eigenvalue weighted by atomic mass is 32.1. The second kappa shape index (κ2) is 3.79. The molecule has 17 heavy (non-hydrogen) atoms. The summed E-state index contributed by atoms with van der Waals surface area (Å²) in [6, 6.07) is 0. The summed E-state index contributed by atoms with van der Waals surface area (Å²) in [6.45, 7) is 4.71. The van der Waals surface area contributed by atoms with Gasteiger partial charge < -0.3 is 5.73 Å². The van der Waals surface area contributed by atoms with Crippen molar-refractivity contribution in [3.63, 3.8) is 0 Å². The van der Waals surface area contributed by atoms with Crippen molar-refractivity contribution in [3.05, 3.63) is 15.6 Å². The quantitative estimate of drug-likeness (QED) is 0.830. The summed E-state index contributed by atoms with van der Waals surface area (Å²) in [5.41, 5.74) is 8.31. The second-order valence-electron chi connectivity index (χ2n) is 6.56. The summed E-state index contributed by atoms with van der Waals surface area (Å²) in [7, 11) is 0. The maximum Gasteiger partial charge on any atom is 0.113 e. The SMILES string of the molecule is CC1(C)CCC(N)(c2nc3c(s2)CCC3)CC1. The van der Waals surface area contributed by atoms with Crippen molar-refractivity contribution in [2.45, 2.75) is 64.3 Å². The van der Waals surface area contributed by atoms with Crippen LogP contribution in [0.5, 0.6) is 0 Å². The van der Waals surface area contributed by atoms with Crippen molar-refractivity contribution < 1.29 is 0 Å². The largest absolute Gasteiger partial charge is 0.319 e. The van der Waals surface area contributed by atoms with Gasteiger partial charge in [0.05, 0.1) is 11.2 Å². The van der Waals surface area contributed by atoms with Gasteiger partial charge in [0.25, 0.3) is 0 Å². The number of rotatable bonds is 1. The molecule has 0 spiro atoms. The van der Waals surface area contributed by atoms with Crippen molar-refractivity contribution in [1.29, 1.82) is 0 Å². The van der Waals surface area contributed by atoms with Crippen LogP contribution in [0.1, 0.15) is 61.5 Å². The van der Waals surface area contributed by atoms with Gasteiger partial charge in [-0.25, -0.2) is 4.98 Å². The van der Waals surface area contributed by atoms with E-state index >= 15 is 0 Å². The summed E-state index contributed by atoms with van der Waals surface area (Å²) >= 11 is 1.89. The van der Waals surface area contributed by atoms with Gasteiger partial charge in [-0.05, 0) is 50.4 Å². The van der Waals surface area contributed by atoms with Crippen LogP contribution in [0.3, 0.4) is 0 Å². The van der Waals surface area contributed by atoms with Crippen LogP contribution in [0, 0.1) is 5.41 Å². The van der Waals surface area contributed by atoms with Gasteiger partial charge in [0.2, 0.25) is 0 Å². The minimum absolute atomic E-state index is 0.121. The summed E-state index contributed by atoms with van der Waals surface area (Å²) < 4.78 is 0. The monoisotopic (exact) mass is 250 g/mol. The van der Waals surface area contributed by atoms with Crippen LogP contribution in [-0.2, 0) is 18.4 Å². The van der Waals surface area contributed by atoms with E-state index in [1.165, 1.54) is 47.7 Å². The molecule has 2 aliphatic rings. The molecule has 1 heterocycles. The van der Waals surface area contributed by atoms with E-state index in [1.54, 1.807) is 0 Å². The zero-order valence-electron chi connectivity index (χ0n) is 10.9. The molecule has 1 aromatic heterocycles. The number of nitrogens with two attached hydrogens (primary N) is 1. The Morgan fingerprint density at radius 2 is 1.82 bits per heavy atom. The lowest BCUT2D eigenvalue weighted by atomic mass is 9.70. The third-order valence-electron chi connectivity index (χ3n) is 4.52. The number of fused-ring (bicyclic) bond motifs is 1. The molecule has 2 nitrogen and oxygen atoms in total. The first-order valence-corrected chi connectivity index (χ1v) is 7.58. The lowest BCUT2D eigenvalue weighted by Gasteiger charge is -2.40. The smallest absolute Gasteiger partial charge is 0.113 e. The van der Waals surface area contributed by atoms with Crippen molar-refractivity contribution in [2.75, 3.05) is 0 Å². The Hall–Kier alpha value is -0.410. The molecule has 2 aliphatic carbocycles. The van der Waals surface area contributed by atoms with Gasteiger partial charge in [0.1, 0.15) is 5.01 Å². The summed E-state index contributed by atoms with van der Waals surface area (Å²) in [4.78, 5) is 6.34. The molecule has 3 rings (SSSR count). The second-order valence-corrected chi connectivity index (χ2v) is 7.65. The zero-order valence-corrected chi connectivity index (χ0v) is 11.7. The normalized spacial score (nSPS) is 25.8. The standard InChI is InChI=1S/C14H22N2S/c1-13(2)6-8-14(15,9-7-13)12-16-10-4-3-5-11(10)17-12/h3-9,15H2,1-2H3. The molecular weight excluding hydrogens is 228 g/mol. The lowest BCUT2D eigenvalue weighted by Crippen LogP contribution is -2.42. The Morgan fingerprint density at radius 1 is 1.12 bits per heavy atom. The molecule has 2 N–H and O–H groups in total. The predicted octanol–water partition coefficient (Wildman–Crippen LogP) is 3.39. The summed E-state index contributed by atoms with van der Waals surface area (Å²) in [5, 5.41) is 1.22. The number of hydrogen-bond acceptors (Lipinski definition) is 3. The van der Waals surface area contributed by atoms with E-state index in [9.17, 15) is 0 Å². The van der Waals surface area contributed by atoms with Gasteiger partial charge in [0.15, 0.2) is 0 Å². The van der Waals surface area contributed by atoms with Crippen molar-refractivity contribution >= 4 is 11.3 Å². The Labute approximate surface area is 108 Å². The first-order chi connectivity index (χ1) is 7.99. The molecular formula is C14H22N2S. The van der Waals surface area contributed by atoms with E-state index < -0.39 is 0 Å². The number of aromatic nitrogens is 1. The van der Waals surface area contributed by atoms with E-state index in [1.807, 2.05) is 11.3 Å². The highest BCUT2D eigenvalue weighted by Crippen LogP contribution is 2.45. The highest BCUT2D eigenvalue weighted by Gasteiger charge is 2.39. The zero-order chi connectivity index (χ0) is 12.1. The molecule has 0 radical (unpaired) electrons. The fraction of sp³-hybridized carbons (Fsp3) is 0.786. The molecule has 0 aromatic carbocycles. The van der Waals surface area contributed by atoms with E-state index in [-0.39, 0.29) is 5.54 Å². The van der Waals surface area contributed by atoms with Gasteiger partial charge in [0, 0.05) is 4.88 Å². The van der Waals surface area contributed by atoms with Crippen LogP contribution < -0.4 is 5.73 Å². The third-order valence-corrected chi connectivity index (χ3v) is 5.89. The Balaban J connectivity index is 1.83. The van der Waals surface area contributed by atoms with Crippen molar-refractivity contribution in [1.82, 2.24) is 4.98 Å². The van der Waals surface area contributed by atoms with Crippen LogP contribution in [0.4, 0.5) is 0 Å². The van der Waals surface area contributed by atoms with E-state index in [2.05, 4.69) is 13.8 Å². The minimum atomic E-state index is -0.121. The Kier molecular flexibility index (Phi) is 2.60. The van der Waals surface area contributed by atoms with Crippen LogP contribution in [0.2, 0.25) is 0 Å². The van der Waals surface area contributed by atoms with Crippen LogP contribution in [0.15, 0.2) is 0 Å². The van der Waals surface area contributed by atoms with Crippen LogP contribution in [-0.4, -0.2) is 4.98 Å². The molecule has 94 valence electrons. The summed E-state index contributed by atoms with van der Waals surface area (Å²) in [6.07, 6.45) is 8.36. The molecule has 0 bridgehead atoms. The first kappa shape index (κ1) is 11.7. The molecule has 1 saturated carbocycles. The highest BCUT2D eigenvalue weighted by molar-refractivity contribution is 7.12. The average molecular weight is 250 g/mol. The predicted molar refractivity (Wildman–Crippen MR) is 72.3 cm³/mol. The van der Waals surface area contributed by atoms with Gasteiger partial charge >= 0.3 is 0 Å². The van der Waals surface area contributed by atoms with E-state index in [0.29, 0.717) is 5.41 Å².